The lowest BCUT2D eigenvalue weighted by molar-refractivity contribution is -0.126. The Balaban J connectivity index is 1.55. The molecule has 0 bridgehead atoms. The molecule has 7 nitrogen and oxygen atoms in total. The van der Waals surface area contributed by atoms with Gasteiger partial charge in [-0.2, -0.15) is 9.41 Å². The third kappa shape index (κ3) is 5.93. The van der Waals surface area contributed by atoms with Gasteiger partial charge in [0.2, 0.25) is 15.9 Å². The number of hydrazone groups is 1. The Morgan fingerprint density at radius 2 is 1.74 bits per heavy atom. The highest BCUT2D eigenvalue weighted by atomic mass is 79.9. The molecule has 0 saturated carbocycles. The molecule has 2 aromatic rings. The van der Waals surface area contributed by atoms with Gasteiger partial charge in [0.05, 0.1) is 17.2 Å². The van der Waals surface area contributed by atoms with Crippen LogP contribution in [0, 0.1) is 5.92 Å². The Bertz CT molecular complexity index is 1030. The summed E-state index contributed by atoms with van der Waals surface area (Å²) in [5, 5.41) is 4.21. The molecule has 0 aliphatic carbocycles. The van der Waals surface area contributed by atoms with E-state index in [4.69, 9.17) is 4.74 Å². The van der Waals surface area contributed by atoms with E-state index in [1.54, 1.807) is 24.3 Å². The number of sulfonamides is 1. The smallest absolute Gasteiger partial charge is 0.243 e. The van der Waals surface area contributed by atoms with Crippen LogP contribution in [0.1, 0.15) is 32.3 Å². The maximum atomic E-state index is 12.8. The number of carbonyl (C=O) groups is 1. The molecule has 2 aromatic carbocycles. The van der Waals surface area contributed by atoms with Crippen molar-refractivity contribution in [1.82, 2.24) is 9.73 Å². The molecule has 31 heavy (non-hydrogen) atoms. The average Bonchev–Trinajstić information content (AvgIpc) is 2.78. The molecule has 0 unspecified atom stereocenters. The maximum Gasteiger partial charge on any atom is 0.243 e. The van der Waals surface area contributed by atoms with Gasteiger partial charge in [-0.1, -0.05) is 15.9 Å². The van der Waals surface area contributed by atoms with Crippen molar-refractivity contribution in [1.29, 1.82) is 0 Å². The zero-order valence-electron chi connectivity index (χ0n) is 17.5. The Morgan fingerprint density at radius 1 is 1.13 bits per heavy atom. The summed E-state index contributed by atoms with van der Waals surface area (Å²) in [5.41, 5.74) is 4.20. The Kier molecular flexibility index (Phi) is 7.85. The van der Waals surface area contributed by atoms with Gasteiger partial charge in [0.25, 0.3) is 0 Å². The predicted molar refractivity (Wildman–Crippen MR) is 124 cm³/mol. The first-order chi connectivity index (χ1) is 14.8. The zero-order chi connectivity index (χ0) is 22.4. The fourth-order valence-electron chi connectivity index (χ4n) is 3.37. The van der Waals surface area contributed by atoms with Crippen LogP contribution in [0.5, 0.6) is 5.75 Å². The van der Waals surface area contributed by atoms with E-state index in [-0.39, 0.29) is 16.7 Å². The molecular weight excluding hydrogens is 482 g/mol. The van der Waals surface area contributed by atoms with E-state index < -0.39 is 10.0 Å². The number of amides is 1. The van der Waals surface area contributed by atoms with Gasteiger partial charge in [0.1, 0.15) is 5.75 Å². The molecule has 3 rings (SSSR count). The van der Waals surface area contributed by atoms with Gasteiger partial charge in [0, 0.05) is 23.5 Å². The van der Waals surface area contributed by atoms with Crippen molar-refractivity contribution in [3.05, 3.63) is 58.6 Å². The SMILES string of the molecule is CCOc1ccc(C(C)=NNC(=O)C2CCN(S(=O)(=O)c3ccc(Br)cc3)CC2)cc1. The third-order valence-corrected chi connectivity index (χ3v) is 7.63. The Morgan fingerprint density at radius 3 is 2.32 bits per heavy atom. The van der Waals surface area contributed by atoms with Crippen LogP contribution >= 0.6 is 15.9 Å². The molecule has 1 heterocycles. The van der Waals surface area contributed by atoms with E-state index in [1.165, 1.54) is 4.31 Å². The van der Waals surface area contributed by atoms with Crippen molar-refractivity contribution in [3.63, 3.8) is 0 Å². The minimum Gasteiger partial charge on any atom is -0.494 e. The Hall–Kier alpha value is -2.23. The summed E-state index contributed by atoms with van der Waals surface area (Å²) < 4.78 is 33.3. The van der Waals surface area contributed by atoms with Crippen molar-refractivity contribution in [2.45, 2.75) is 31.6 Å². The fraction of sp³-hybridized carbons (Fsp3) is 0.364. The number of nitrogens with zero attached hydrogens (tertiary/aromatic N) is 2. The minimum absolute atomic E-state index is 0.189. The second kappa shape index (κ2) is 10.4. The highest BCUT2D eigenvalue weighted by Gasteiger charge is 2.32. The lowest BCUT2D eigenvalue weighted by atomic mass is 9.98. The van der Waals surface area contributed by atoms with Gasteiger partial charge in [-0.15, -0.1) is 0 Å². The summed E-state index contributed by atoms with van der Waals surface area (Å²) in [6.07, 6.45) is 0.915. The summed E-state index contributed by atoms with van der Waals surface area (Å²) in [7, 11) is -3.55. The van der Waals surface area contributed by atoms with E-state index >= 15 is 0 Å². The molecule has 9 heteroatoms. The number of rotatable bonds is 7. The predicted octanol–water partition coefficient (Wildman–Crippen LogP) is 3.79. The average molecular weight is 508 g/mol. The van der Waals surface area contributed by atoms with E-state index in [1.807, 2.05) is 38.1 Å². The van der Waals surface area contributed by atoms with E-state index in [2.05, 4.69) is 26.5 Å². The second-order valence-electron chi connectivity index (χ2n) is 7.26. The monoisotopic (exact) mass is 507 g/mol. The van der Waals surface area contributed by atoms with Crippen molar-refractivity contribution in [2.24, 2.45) is 11.0 Å². The first-order valence-corrected chi connectivity index (χ1v) is 12.4. The summed E-state index contributed by atoms with van der Waals surface area (Å²) >= 11 is 3.31. The van der Waals surface area contributed by atoms with Gasteiger partial charge >= 0.3 is 0 Å². The highest BCUT2D eigenvalue weighted by Crippen LogP contribution is 2.25. The molecule has 1 fully saturated rings. The number of carbonyl (C=O) groups excluding carboxylic acids is 1. The van der Waals surface area contributed by atoms with Gasteiger partial charge in [-0.25, -0.2) is 13.8 Å². The Labute approximate surface area is 191 Å². The minimum atomic E-state index is -3.55. The molecule has 1 saturated heterocycles. The molecule has 0 atom stereocenters. The van der Waals surface area contributed by atoms with Crippen molar-refractivity contribution in [2.75, 3.05) is 19.7 Å². The van der Waals surface area contributed by atoms with Crippen LogP contribution < -0.4 is 10.2 Å². The number of hydrogen-bond acceptors (Lipinski definition) is 5. The largest absolute Gasteiger partial charge is 0.494 e. The molecule has 166 valence electrons. The normalized spacial score (nSPS) is 16.2. The van der Waals surface area contributed by atoms with Crippen molar-refractivity contribution in [3.8, 4) is 5.75 Å². The van der Waals surface area contributed by atoms with Crippen LogP contribution in [0.3, 0.4) is 0 Å². The number of nitrogens with one attached hydrogen (secondary N) is 1. The van der Waals surface area contributed by atoms with Crippen LogP contribution in [-0.2, 0) is 14.8 Å². The first kappa shape index (κ1) is 23.4. The summed E-state index contributed by atoms with van der Waals surface area (Å²) in [5.74, 6) is 0.326. The molecule has 1 aliphatic rings. The molecule has 1 amide bonds. The van der Waals surface area contributed by atoms with Crippen molar-refractivity contribution < 1.29 is 17.9 Å². The summed E-state index contributed by atoms with van der Waals surface area (Å²) in [4.78, 5) is 12.8. The van der Waals surface area contributed by atoms with E-state index in [0.717, 1.165) is 15.8 Å². The van der Waals surface area contributed by atoms with Crippen LogP contribution in [0.25, 0.3) is 0 Å². The first-order valence-electron chi connectivity index (χ1n) is 10.1. The van der Waals surface area contributed by atoms with Crippen LogP contribution in [0.4, 0.5) is 0 Å². The molecule has 0 radical (unpaired) electrons. The fourth-order valence-corrected chi connectivity index (χ4v) is 5.10. The van der Waals surface area contributed by atoms with Gasteiger partial charge < -0.3 is 4.74 Å². The number of ether oxygens (including phenoxy) is 1. The summed E-state index contributed by atoms with van der Waals surface area (Å²) in [6, 6.07) is 14.1. The lowest BCUT2D eigenvalue weighted by Crippen LogP contribution is -2.42. The molecule has 1 aliphatic heterocycles. The number of benzene rings is 2. The summed E-state index contributed by atoms with van der Waals surface area (Å²) in [6.45, 7) is 4.96. The standard InChI is InChI=1S/C22H26BrN3O4S/c1-3-30-20-8-4-17(5-9-20)16(2)24-25-22(27)18-12-14-26(15-13-18)31(28,29)21-10-6-19(23)7-11-21/h4-11,18H,3,12-15H2,1-2H3,(H,25,27). The van der Waals surface area contributed by atoms with E-state index in [9.17, 15) is 13.2 Å². The topological polar surface area (TPSA) is 88.1 Å². The number of hydrogen-bond donors (Lipinski definition) is 1. The molecule has 0 aromatic heterocycles. The second-order valence-corrected chi connectivity index (χ2v) is 10.1. The van der Waals surface area contributed by atoms with Crippen LogP contribution in [0.2, 0.25) is 0 Å². The zero-order valence-corrected chi connectivity index (χ0v) is 19.9. The highest BCUT2D eigenvalue weighted by molar-refractivity contribution is 9.10. The quantitative estimate of drug-likeness (QED) is 0.456. The van der Waals surface area contributed by atoms with E-state index in [0.29, 0.717) is 38.2 Å². The third-order valence-electron chi connectivity index (χ3n) is 5.19. The maximum absolute atomic E-state index is 12.8. The van der Waals surface area contributed by atoms with Crippen molar-refractivity contribution >= 4 is 37.6 Å². The van der Waals surface area contributed by atoms with Gasteiger partial charge in [0.15, 0.2) is 0 Å². The van der Waals surface area contributed by atoms with Crippen LogP contribution in [-0.4, -0.2) is 44.0 Å². The number of piperidine rings is 1. The van der Waals surface area contributed by atoms with Gasteiger partial charge in [-0.3, -0.25) is 4.79 Å². The lowest BCUT2D eigenvalue weighted by Gasteiger charge is -2.30. The molecule has 1 N–H and O–H groups in total. The molecule has 0 spiro atoms. The van der Waals surface area contributed by atoms with Gasteiger partial charge in [-0.05, 0) is 80.8 Å². The molecular formula is C22H26BrN3O4S. The van der Waals surface area contributed by atoms with Crippen LogP contribution in [0.15, 0.2) is 63.0 Å². The number of halogens is 1.